The van der Waals surface area contributed by atoms with Crippen LogP contribution in [0.2, 0.25) is 0 Å². The highest BCUT2D eigenvalue weighted by atomic mass is 32.2. The van der Waals surface area contributed by atoms with Crippen LogP contribution in [0, 0.1) is 0 Å². The second kappa shape index (κ2) is 8.75. The number of hydrogen-bond donors (Lipinski definition) is 0. The van der Waals surface area contributed by atoms with Gasteiger partial charge in [-0.2, -0.15) is 15.0 Å². The largest absolute Gasteiger partial charge is 0.278 e. The highest BCUT2D eigenvalue weighted by Gasteiger charge is 2.28. The second-order valence-electron chi connectivity index (χ2n) is 9.07. The maximum atomic E-state index is 5.12. The van der Waals surface area contributed by atoms with Gasteiger partial charge in [0.25, 0.3) is 0 Å². The maximum Gasteiger partial charge on any atom is 0.240 e. The first-order valence-electron chi connectivity index (χ1n) is 12.5. The molecule has 184 valence electrons. The molecule has 0 amide bonds. The summed E-state index contributed by atoms with van der Waals surface area (Å²) in [5.74, 6) is 1.86. The van der Waals surface area contributed by atoms with Gasteiger partial charge in [0, 0.05) is 33.0 Å². The van der Waals surface area contributed by atoms with E-state index in [0.29, 0.717) is 23.5 Å². The molecule has 0 atom stereocenters. The Labute approximate surface area is 227 Å². The van der Waals surface area contributed by atoms with Crippen molar-refractivity contribution in [2.75, 3.05) is 4.90 Å². The van der Waals surface area contributed by atoms with E-state index in [2.05, 4.69) is 92.2 Å². The molecule has 0 fully saturated rings. The lowest BCUT2D eigenvalue weighted by molar-refractivity contribution is 0.915. The Balaban J connectivity index is 1.45. The average molecular weight is 522 g/mol. The molecule has 0 bridgehead atoms. The van der Waals surface area contributed by atoms with Gasteiger partial charge in [-0.05, 0) is 42.5 Å². The van der Waals surface area contributed by atoms with E-state index in [9.17, 15) is 0 Å². The highest BCUT2D eigenvalue weighted by molar-refractivity contribution is 7.99. The first-order chi connectivity index (χ1) is 19.3. The lowest BCUT2D eigenvalue weighted by atomic mass is 10.2. The number of hydrogen-bond acceptors (Lipinski definition) is 7. The van der Waals surface area contributed by atoms with Gasteiger partial charge < -0.3 is 0 Å². The molecule has 0 saturated carbocycles. The van der Waals surface area contributed by atoms with Crippen molar-refractivity contribution < 1.29 is 0 Å². The highest BCUT2D eigenvalue weighted by Crippen LogP contribution is 2.50. The molecule has 0 unspecified atom stereocenters. The van der Waals surface area contributed by atoms with E-state index in [0.717, 1.165) is 43.0 Å². The molecule has 7 aromatic rings. The third kappa shape index (κ3) is 3.49. The zero-order chi connectivity index (χ0) is 25.8. The summed E-state index contributed by atoms with van der Waals surface area (Å²) in [4.78, 5) is 28.3. The molecule has 0 spiro atoms. The Morgan fingerprint density at radius 1 is 0.487 bits per heavy atom. The van der Waals surface area contributed by atoms with E-state index in [1.54, 1.807) is 30.2 Å². The van der Waals surface area contributed by atoms with Crippen LogP contribution in [0.1, 0.15) is 0 Å². The lowest BCUT2D eigenvalue weighted by Crippen LogP contribution is -2.19. The van der Waals surface area contributed by atoms with E-state index < -0.39 is 0 Å². The fourth-order valence-corrected chi connectivity index (χ4v) is 6.18. The average Bonchev–Trinajstić information content (AvgIpc) is 3.34. The predicted octanol–water partition coefficient (Wildman–Crippen LogP) is 7.36. The Morgan fingerprint density at radius 2 is 1.03 bits per heavy atom. The monoisotopic (exact) mass is 521 g/mol. The minimum absolute atomic E-state index is 0.408. The van der Waals surface area contributed by atoms with Crippen LogP contribution in [-0.4, -0.2) is 29.5 Å². The molecular formula is C31H19N7S. The predicted molar refractivity (Wildman–Crippen MR) is 154 cm³/mol. The molecule has 7 nitrogen and oxygen atoms in total. The molecule has 8 rings (SSSR count). The molecule has 8 heteroatoms. The van der Waals surface area contributed by atoms with Gasteiger partial charge >= 0.3 is 0 Å². The number of benzene rings is 4. The first kappa shape index (κ1) is 22.0. The van der Waals surface area contributed by atoms with Crippen LogP contribution in [0.4, 0.5) is 17.3 Å². The number of aromatic nitrogens is 6. The van der Waals surface area contributed by atoms with Crippen molar-refractivity contribution in [3.8, 4) is 17.6 Å². The standard InChI is InChI=1S/C31H19N7S/c1-3-12-22-20(10-1)21-11-2-4-13-23(21)37(22)30-34-29(28-32-18-9-19-33-28)35-31(36-30)38-24-14-5-7-16-26(24)39-27-17-8-6-15-25(27)38/h1-19H. The summed E-state index contributed by atoms with van der Waals surface area (Å²) < 4.78 is 2.10. The quantitative estimate of drug-likeness (QED) is 0.240. The van der Waals surface area contributed by atoms with Crippen LogP contribution in [0.5, 0.6) is 0 Å². The molecule has 1 aliphatic rings. The fraction of sp³-hybridized carbons (Fsp3) is 0. The van der Waals surface area contributed by atoms with E-state index in [4.69, 9.17) is 15.0 Å². The molecule has 1 aliphatic heterocycles. The van der Waals surface area contributed by atoms with Gasteiger partial charge in [0.1, 0.15) is 0 Å². The summed E-state index contributed by atoms with van der Waals surface area (Å²) in [7, 11) is 0. The van der Waals surface area contributed by atoms with Crippen LogP contribution >= 0.6 is 11.8 Å². The molecule has 39 heavy (non-hydrogen) atoms. The minimum atomic E-state index is 0.408. The Morgan fingerprint density at radius 3 is 1.67 bits per heavy atom. The third-order valence-corrected chi connectivity index (χ3v) is 7.92. The van der Waals surface area contributed by atoms with Crippen molar-refractivity contribution in [1.82, 2.24) is 29.5 Å². The summed E-state index contributed by atoms with van der Waals surface area (Å²) in [5, 5.41) is 2.27. The van der Waals surface area contributed by atoms with Crippen molar-refractivity contribution in [3.63, 3.8) is 0 Å². The van der Waals surface area contributed by atoms with Crippen LogP contribution in [0.3, 0.4) is 0 Å². The number of para-hydroxylation sites is 4. The molecule has 0 N–H and O–H groups in total. The molecular weight excluding hydrogens is 502 g/mol. The van der Waals surface area contributed by atoms with Crippen LogP contribution in [-0.2, 0) is 0 Å². The zero-order valence-corrected chi connectivity index (χ0v) is 21.3. The summed E-state index contributed by atoms with van der Waals surface area (Å²) in [6.45, 7) is 0. The Hall–Kier alpha value is -5.08. The van der Waals surface area contributed by atoms with E-state index >= 15 is 0 Å². The van der Waals surface area contributed by atoms with Gasteiger partial charge in [-0.3, -0.25) is 9.47 Å². The van der Waals surface area contributed by atoms with Crippen molar-refractivity contribution in [1.29, 1.82) is 0 Å². The number of nitrogens with zero attached hydrogens (tertiary/aromatic N) is 7. The molecule has 4 heterocycles. The number of anilines is 3. The summed E-state index contributed by atoms with van der Waals surface area (Å²) in [6.07, 6.45) is 3.40. The van der Waals surface area contributed by atoms with Crippen LogP contribution in [0.15, 0.2) is 125 Å². The van der Waals surface area contributed by atoms with Crippen LogP contribution < -0.4 is 4.90 Å². The molecule has 3 aromatic heterocycles. The molecule has 0 saturated heterocycles. The van der Waals surface area contributed by atoms with Gasteiger partial charge in [0.2, 0.25) is 17.7 Å². The van der Waals surface area contributed by atoms with Gasteiger partial charge in [0.05, 0.1) is 22.4 Å². The lowest BCUT2D eigenvalue weighted by Gasteiger charge is -2.31. The summed E-state index contributed by atoms with van der Waals surface area (Å²) in [6, 6.07) is 35.1. The molecule has 0 radical (unpaired) electrons. The van der Waals surface area contributed by atoms with Crippen molar-refractivity contribution in [3.05, 3.63) is 116 Å². The zero-order valence-electron chi connectivity index (χ0n) is 20.5. The number of fused-ring (bicyclic) bond motifs is 5. The molecule has 0 aliphatic carbocycles. The van der Waals surface area contributed by atoms with Crippen LogP contribution in [0.25, 0.3) is 39.4 Å². The smallest absolute Gasteiger partial charge is 0.240 e. The SMILES string of the molecule is c1cnc(-c2nc(N3c4ccccc4Sc4ccccc43)nc(-n3c4ccccc4c4ccccc43)n2)nc1. The van der Waals surface area contributed by atoms with E-state index in [1.165, 1.54) is 0 Å². The van der Waals surface area contributed by atoms with Gasteiger partial charge in [0.15, 0.2) is 5.82 Å². The topological polar surface area (TPSA) is 72.6 Å². The second-order valence-corrected chi connectivity index (χ2v) is 10.2. The first-order valence-corrected chi connectivity index (χ1v) is 13.3. The Kier molecular flexibility index (Phi) is 4.92. The molecule has 4 aromatic carbocycles. The van der Waals surface area contributed by atoms with Crippen molar-refractivity contribution in [2.24, 2.45) is 0 Å². The maximum absolute atomic E-state index is 5.12. The number of rotatable bonds is 3. The minimum Gasteiger partial charge on any atom is -0.278 e. The van der Waals surface area contributed by atoms with E-state index in [1.807, 2.05) is 24.3 Å². The van der Waals surface area contributed by atoms with Gasteiger partial charge in [-0.15, -0.1) is 0 Å². The van der Waals surface area contributed by atoms with Crippen molar-refractivity contribution in [2.45, 2.75) is 9.79 Å². The summed E-state index contributed by atoms with van der Waals surface area (Å²) >= 11 is 1.74. The van der Waals surface area contributed by atoms with Crippen molar-refractivity contribution >= 4 is 50.9 Å². The van der Waals surface area contributed by atoms with E-state index in [-0.39, 0.29) is 0 Å². The Bertz CT molecular complexity index is 1920. The van der Waals surface area contributed by atoms with Gasteiger partial charge in [-0.1, -0.05) is 72.4 Å². The third-order valence-electron chi connectivity index (χ3n) is 6.79. The summed E-state index contributed by atoms with van der Waals surface area (Å²) in [5.41, 5.74) is 4.07. The fourth-order valence-electron chi connectivity index (χ4n) is 5.13. The normalized spacial score (nSPS) is 12.5. The van der Waals surface area contributed by atoms with Gasteiger partial charge in [-0.25, -0.2) is 9.97 Å².